The SMILES string of the molecule is COc1cc(C(=O)OCCN2CCN(CC/C=C3/c4ccccc4CSc4ccc(Cl)cc43)CC2)cc(OC)c1OC.O=C(O)/C=C/C(=O)O.O=C(O)/C=C\C(=O)O. The van der Waals surface area contributed by atoms with Gasteiger partial charge in [-0.2, -0.15) is 0 Å². The fraction of sp³-hybridized carbons (Fsp3) is 0.293. The highest BCUT2D eigenvalue weighted by molar-refractivity contribution is 7.98. The molecule has 310 valence electrons. The van der Waals surface area contributed by atoms with E-state index in [0.717, 1.165) is 49.9 Å². The summed E-state index contributed by atoms with van der Waals surface area (Å²) in [6.45, 7) is 5.86. The van der Waals surface area contributed by atoms with E-state index in [0.29, 0.717) is 60.3 Å². The van der Waals surface area contributed by atoms with Crippen LogP contribution in [0.3, 0.4) is 0 Å². The Hall–Kier alpha value is -5.81. The Bertz CT molecular complexity index is 1920. The molecule has 0 saturated carbocycles. The zero-order valence-electron chi connectivity index (χ0n) is 32.1. The van der Waals surface area contributed by atoms with Gasteiger partial charge >= 0.3 is 29.8 Å². The summed E-state index contributed by atoms with van der Waals surface area (Å²) >= 11 is 8.30. The van der Waals surface area contributed by atoms with Crippen LogP contribution in [0.2, 0.25) is 5.02 Å². The van der Waals surface area contributed by atoms with Crippen molar-refractivity contribution in [1.82, 2.24) is 9.80 Å². The summed E-state index contributed by atoms with van der Waals surface area (Å²) in [6.07, 6.45) is 5.58. The first-order valence-electron chi connectivity index (χ1n) is 17.7. The number of nitrogens with zero attached hydrogens (tertiary/aromatic N) is 2. The monoisotopic (exact) mass is 840 g/mol. The van der Waals surface area contributed by atoms with Crippen LogP contribution in [0.5, 0.6) is 17.2 Å². The van der Waals surface area contributed by atoms with Crippen molar-refractivity contribution in [1.29, 1.82) is 0 Å². The molecule has 3 aromatic carbocycles. The molecule has 2 aliphatic rings. The van der Waals surface area contributed by atoms with Crippen LogP contribution in [0, 0.1) is 0 Å². The van der Waals surface area contributed by atoms with Gasteiger partial charge in [0.15, 0.2) is 11.5 Å². The first-order chi connectivity index (χ1) is 27.8. The molecule has 0 radical (unpaired) electrons. The van der Waals surface area contributed by atoms with Crippen molar-refractivity contribution in [3.05, 3.63) is 112 Å². The van der Waals surface area contributed by atoms with E-state index in [-0.39, 0.29) is 0 Å². The predicted molar refractivity (Wildman–Crippen MR) is 217 cm³/mol. The Kier molecular flexibility index (Phi) is 19.3. The standard InChI is InChI=1S/C33H37ClN2O5S.2C4H4O4/c1-38-29-19-24(20-30(39-2)32(29)40-3)33(37)41-18-17-36-15-13-35(14-16-36)12-6-9-27-26-8-5-4-7-23(26)22-42-31-11-10-25(34)21-28(27)31;2*5-3(6)1-2-4(7)8/h4-5,7-11,19-21H,6,12-18,22H2,1-3H3;2*1-2H,(H,5,6)(H,7,8)/b27-9-;2-1+;2-1-. The number of aliphatic carboxylic acids is 4. The molecular formula is C41H45ClN2O13S. The number of carboxylic acids is 4. The van der Waals surface area contributed by atoms with E-state index in [9.17, 15) is 24.0 Å². The minimum Gasteiger partial charge on any atom is -0.493 e. The van der Waals surface area contributed by atoms with Crippen LogP contribution in [-0.4, -0.2) is 127 Å². The smallest absolute Gasteiger partial charge is 0.338 e. The highest BCUT2D eigenvalue weighted by Gasteiger charge is 2.21. The molecule has 0 unspecified atom stereocenters. The van der Waals surface area contributed by atoms with Crippen molar-refractivity contribution in [2.75, 3.05) is 67.2 Å². The van der Waals surface area contributed by atoms with Gasteiger partial charge in [-0.25, -0.2) is 24.0 Å². The summed E-state index contributed by atoms with van der Waals surface area (Å²) in [5.41, 5.74) is 5.53. The van der Waals surface area contributed by atoms with E-state index in [1.54, 1.807) is 12.1 Å². The molecule has 0 aliphatic carbocycles. The Labute approximate surface area is 344 Å². The molecule has 4 N–H and O–H groups in total. The van der Waals surface area contributed by atoms with Gasteiger partial charge in [0.25, 0.3) is 0 Å². The summed E-state index contributed by atoms with van der Waals surface area (Å²) in [7, 11) is 4.57. The molecule has 1 saturated heterocycles. The van der Waals surface area contributed by atoms with E-state index in [2.05, 4.69) is 52.3 Å². The van der Waals surface area contributed by atoms with Crippen LogP contribution in [0.15, 0.2) is 89.9 Å². The molecule has 0 atom stereocenters. The maximum atomic E-state index is 12.7. The number of thioether (sulfide) groups is 1. The van der Waals surface area contributed by atoms with Gasteiger partial charge in [0.05, 0.1) is 26.9 Å². The van der Waals surface area contributed by atoms with Crippen molar-refractivity contribution in [2.24, 2.45) is 0 Å². The lowest BCUT2D eigenvalue weighted by Crippen LogP contribution is -2.47. The number of carbonyl (C=O) groups is 5. The largest absolute Gasteiger partial charge is 0.493 e. The number of fused-ring (bicyclic) bond motifs is 2. The first kappa shape index (κ1) is 46.6. The van der Waals surface area contributed by atoms with Crippen LogP contribution in [-0.2, 0) is 29.7 Å². The number of methoxy groups -OCH3 is 3. The van der Waals surface area contributed by atoms with Crippen molar-refractivity contribution >= 4 is 58.8 Å². The number of hydrogen-bond donors (Lipinski definition) is 4. The van der Waals surface area contributed by atoms with Crippen LogP contribution in [0.4, 0.5) is 0 Å². The molecule has 0 amide bonds. The number of ether oxygens (including phenoxy) is 4. The molecule has 17 heteroatoms. The maximum absolute atomic E-state index is 12.7. The molecule has 2 heterocycles. The molecule has 0 spiro atoms. The molecular weight excluding hydrogens is 796 g/mol. The molecule has 1 fully saturated rings. The Morgan fingerprint density at radius 1 is 0.707 bits per heavy atom. The number of hydrogen-bond acceptors (Lipinski definition) is 12. The number of halogens is 1. The van der Waals surface area contributed by atoms with Crippen molar-refractivity contribution in [2.45, 2.75) is 17.1 Å². The number of benzene rings is 3. The van der Waals surface area contributed by atoms with Crippen LogP contribution >= 0.6 is 23.4 Å². The summed E-state index contributed by atoms with van der Waals surface area (Å²) < 4.78 is 21.6. The third kappa shape index (κ3) is 15.3. The second-order valence-electron chi connectivity index (χ2n) is 12.2. The molecule has 15 nitrogen and oxygen atoms in total. The summed E-state index contributed by atoms with van der Waals surface area (Å²) in [6, 6.07) is 18.1. The number of rotatable bonds is 14. The minimum absolute atomic E-state index is 0.320. The highest BCUT2D eigenvalue weighted by atomic mass is 35.5. The highest BCUT2D eigenvalue weighted by Crippen LogP contribution is 2.41. The molecule has 58 heavy (non-hydrogen) atoms. The number of piperazine rings is 1. The van der Waals surface area contributed by atoms with Gasteiger partial charge in [0.1, 0.15) is 6.61 Å². The van der Waals surface area contributed by atoms with Crippen LogP contribution < -0.4 is 14.2 Å². The van der Waals surface area contributed by atoms with E-state index >= 15 is 0 Å². The summed E-state index contributed by atoms with van der Waals surface area (Å²) in [5.74, 6) is -3.20. The molecule has 0 aromatic heterocycles. The number of carbonyl (C=O) groups excluding carboxylic acids is 1. The fourth-order valence-corrected chi connectivity index (χ4v) is 6.95. The Morgan fingerprint density at radius 2 is 1.24 bits per heavy atom. The van der Waals surface area contributed by atoms with Crippen LogP contribution in [0.25, 0.3) is 5.57 Å². The van der Waals surface area contributed by atoms with Gasteiger partial charge in [0.2, 0.25) is 5.75 Å². The molecule has 5 rings (SSSR count). The maximum Gasteiger partial charge on any atom is 0.338 e. The average Bonchev–Trinajstić information content (AvgIpc) is 3.36. The van der Waals surface area contributed by atoms with Gasteiger partial charge in [-0.05, 0) is 59.0 Å². The van der Waals surface area contributed by atoms with E-state index in [4.69, 9.17) is 51.0 Å². The molecule has 3 aromatic rings. The summed E-state index contributed by atoms with van der Waals surface area (Å²) in [5, 5.41) is 32.0. The zero-order valence-corrected chi connectivity index (χ0v) is 33.7. The first-order valence-corrected chi connectivity index (χ1v) is 19.0. The number of carboxylic acid groups (broad SMARTS) is 4. The fourth-order valence-electron chi connectivity index (χ4n) is 5.73. The molecule has 0 bridgehead atoms. The lowest BCUT2D eigenvalue weighted by molar-refractivity contribution is -0.134. The van der Waals surface area contributed by atoms with E-state index in [1.807, 2.05) is 17.8 Å². The second-order valence-corrected chi connectivity index (χ2v) is 13.7. The third-order valence-electron chi connectivity index (χ3n) is 8.46. The normalized spacial score (nSPS) is 14.4. The Morgan fingerprint density at radius 3 is 1.76 bits per heavy atom. The van der Waals surface area contributed by atoms with Crippen molar-refractivity contribution < 1.29 is 63.3 Å². The van der Waals surface area contributed by atoms with E-state index in [1.165, 1.54) is 48.5 Å². The summed E-state index contributed by atoms with van der Waals surface area (Å²) in [4.78, 5) is 57.0. The van der Waals surface area contributed by atoms with E-state index < -0.39 is 29.8 Å². The van der Waals surface area contributed by atoms with Crippen LogP contribution in [0.1, 0.15) is 33.5 Å². The van der Waals surface area contributed by atoms with Crippen molar-refractivity contribution in [3.8, 4) is 17.2 Å². The molecule has 2 aliphatic heterocycles. The number of esters is 1. The quantitative estimate of drug-likeness (QED) is 0.113. The van der Waals surface area contributed by atoms with Gasteiger partial charge in [-0.3, -0.25) is 4.90 Å². The zero-order chi connectivity index (χ0) is 42.6. The lowest BCUT2D eigenvalue weighted by atomic mass is 9.93. The topological polar surface area (TPSA) is 210 Å². The second kappa shape index (κ2) is 24.1. The predicted octanol–water partition coefficient (Wildman–Crippen LogP) is 5.69. The van der Waals surface area contributed by atoms with Gasteiger partial charge < -0.3 is 44.3 Å². The van der Waals surface area contributed by atoms with Crippen molar-refractivity contribution in [3.63, 3.8) is 0 Å². The Balaban J connectivity index is 0.000000473. The van der Waals surface area contributed by atoms with Gasteiger partial charge in [-0.1, -0.05) is 41.9 Å². The lowest BCUT2D eigenvalue weighted by Gasteiger charge is -2.34. The van der Waals surface area contributed by atoms with Gasteiger partial charge in [0, 0.05) is 79.2 Å². The average molecular weight is 841 g/mol. The van der Waals surface area contributed by atoms with Gasteiger partial charge in [-0.15, -0.1) is 11.8 Å². The minimum atomic E-state index is -1.26. The third-order valence-corrected chi connectivity index (χ3v) is 9.82.